The van der Waals surface area contributed by atoms with E-state index in [1.54, 1.807) is 19.1 Å². The van der Waals surface area contributed by atoms with Gasteiger partial charge in [-0.2, -0.15) is 0 Å². The second kappa shape index (κ2) is 6.68. The number of rotatable bonds is 4. The highest BCUT2D eigenvalue weighted by Gasteiger charge is 2.18. The number of carbonyl (C=O) groups excluding carboxylic acids is 1. The third kappa shape index (κ3) is 3.56. The molecule has 1 aromatic carbocycles. The van der Waals surface area contributed by atoms with Crippen LogP contribution in [0.2, 0.25) is 0 Å². The number of benzene rings is 1. The molecule has 2 N–H and O–H groups in total. The number of aromatic hydroxyl groups is 1. The van der Waals surface area contributed by atoms with E-state index in [0.717, 1.165) is 16.0 Å². The first-order valence-electron chi connectivity index (χ1n) is 7.82. The fourth-order valence-electron chi connectivity index (χ4n) is 2.54. The van der Waals surface area contributed by atoms with Crippen LogP contribution in [-0.2, 0) is 16.0 Å². The average Bonchev–Trinajstić information content (AvgIpc) is 2.84. The summed E-state index contributed by atoms with van der Waals surface area (Å²) in [7, 11) is 0. The van der Waals surface area contributed by atoms with Crippen molar-refractivity contribution in [3.63, 3.8) is 0 Å². The van der Waals surface area contributed by atoms with Crippen LogP contribution in [0.5, 0.6) is 5.75 Å². The van der Waals surface area contributed by atoms with Crippen molar-refractivity contribution in [2.24, 2.45) is 0 Å². The maximum atomic E-state index is 12.3. The molecule has 2 aromatic heterocycles. The number of phenolic OH excluding ortho intramolecular Hbond substituents is 1. The van der Waals surface area contributed by atoms with Gasteiger partial charge in [0.1, 0.15) is 10.6 Å². The Morgan fingerprint density at radius 3 is 2.68 bits per heavy atom. The summed E-state index contributed by atoms with van der Waals surface area (Å²) in [4.78, 5) is 33.2. The lowest BCUT2D eigenvalue weighted by atomic mass is 10.1. The summed E-state index contributed by atoms with van der Waals surface area (Å²) in [5.41, 5.74) is 1.44. The van der Waals surface area contributed by atoms with E-state index < -0.39 is 12.1 Å². The summed E-state index contributed by atoms with van der Waals surface area (Å²) in [6.45, 7) is 5.51. The number of nitrogens with zero attached hydrogens (tertiary/aromatic N) is 1. The highest BCUT2D eigenvalue weighted by atomic mass is 32.1. The first-order valence-corrected chi connectivity index (χ1v) is 8.64. The van der Waals surface area contributed by atoms with E-state index in [1.807, 2.05) is 13.8 Å². The van der Waals surface area contributed by atoms with Gasteiger partial charge < -0.3 is 14.8 Å². The summed E-state index contributed by atoms with van der Waals surface area (Å²) in [6.07, 6.45) is -0.585. The molecule has 0 saturated carbocycles. The molecule has 25 heavy (non-hydrogen) atoms. The largest absolute Gasteiger partial charge is 0.508 e. The Bertz CT molecular complexity index is 989. The third-order valence-electron chi connectivity index (χ3n) is 4.04. The predicted octanol–water partition coefficient (Wildman–Crippen LogP) is 3.15. The SMILES string of the molecule is Cc1sc2nc([C@H](C)OC(=O)Cc3ccc(O)cc3)[nH]c(=O)c2c1C. The predicted molar refractivity (Wildman–Crippen MR) is 96.0 cm³/mol. The van der Waals surface area contributed by atoms with Gasteiger partial charge in [-0.15, -0.1) is 11.3 Å². The average molecular weight is 358 g/mol. The van der Waals surface area contributed by atoms with Gasteiger partial charge >= 0.3 is 5.97 Å². The van der Waals surface area contributed by atoms with Crippen LogP contribution < -0.4 is 5.56 Å². The minimum Gasteiger partial charge on any atom is -0.508 e. The quantitative estimate of drug-likeness (QED) is 0.699. The van der Waals surface area contributed by atoms with E-state index in [4.69, 9.17) is 4.74 Å². The highest BCUT2D eigenvalue weighted by Crippen LogP contribution is 2.27. The van der Waals surface area contributed by atoms with Gasteiger partial charge in [0.2, 0.25) is 0 Å². The van der Waals surface area contributed by atoms with Crippen LogP contribution in [0.25, 0.3) is 10.2 Å². The zero-order chi connectivity index (χ0) is 18.1. The summed E-state index contributed by atoms with van der Waals surface area (Å²) in [5, 5.41) is 9.85. The number of aromatic nitrogens is 2. The van der Waals surface area contributed by atoms with Gasteiger partial charge in [-0.25, -0.2) is 4.98 Å². The van der Waals surface area contributed by atoms with Crippen LogP contribution in [0.1, 0.15) is 34.9 Å². The standard InChI is InChI=1S/C18H18N2O4S/c1-9-11(3)25-18-15(9)17(23)19-16(20-18)10(2)24-14(22)8-12-4-6-13(21)7-5-12/h4-7,10,21H,8H2,1-3H3,(H,19,20,23)/t10-/m0/s1. The monoisotopic (exact) mass is 358 g/mol. The maximum absolute atomic E-state index is 12.3. The highest BCUT2D eigenvalue weighted by molar-refractivity contribution is 7.18. The molecule has 7 heteroatoms. The molecule has 0 radical (unpaired) electrons. The zero-order valence-electron chi connectivity index (χ0n) is 14.1. The number of carbonyl (C=O) groups is 1. The number of phenols is 1. The number of hydrogen-bond acceptors (Lipinski definition) is 6. The number of esters is 1. The molecule has 3 rings (SSSR count). The van der Waals surface area contributed by atoms with Gasteiger partial charge in [0.05, 0.1) is 11.8 Å². The smallest absolute Gasteiger partial charge is 0.310 e. The van der Waals surface area contributed by atoms with E-state index in [0.29, 0.717) is 16.0 Å². The van der Waals surface area contributed by atoms with Gasteiger partial charge in [-0.05, 0) is 44.0 Å². The lowest BCUT2D eigenvalue weighted by Crippen LogP contribution is -2.18. The van der Waals surface area contributed by atoms with Crippen LogP contribution >= 0.6 is 11.3 Å². The molecule has 2 heterocycles. The number of H-pyrrole nitrogens is 1. The Morgan fingerprint density at radius 2 is 2.00 bits per heavy atom. The number of thiophene rings is 1. The van der Waals surface area contributed by atoms with E-state index in [2.05, 4.69) is 9.97 Å². The minimum absolute atomic E-state index is 0.0777. The fourth-order valence-corrected chi connectivity index (χ4v) is 3.58. The van der Waals surface area contributed by atoms with Crippen molar-refractivity contribution in [3.05, 3.63) is 56.4 Å². The van der Waals surface area contributed by atoms with E-state index in [9.17, 15) is 14.7 Å². The van der Waals surface area contributed by atoms with Crippen LogP contribution in [0.4, 0.5) is 0 Å². The van der Waals surface area contributed by atoms with Crippen molar-refractivity contribution in [1.82, 2.24) is 9.97 Å². The molecule has 0 unspecified atom stereocenters. The summed E-state index contributed by atoms with van der Waals surface area (Å²) in [5.74, 6) is 0.0411. The van der Waals surface area contributed by atoms with E-state index in [-0.39, 0.29) is 17.7 Å². The van der Waals surface area contributed by atoms with E-state index in [1.165, 1.54) is 23.5 Å². The van der Waals surface area contributed by atoms with Gasteiger partial charge in [0.15, 0.2) is 11.9 Å². The first-order chi connectivity index (χ1) is 11.8. The molecule has 0 aliphatic heterocycles. The molecular formula is C18H18N2O4S. The molecule has 1 atom stereocenters. The van der Waals surface area contributed by atoms with Crippen LogP contribution in [0.3, 0.4) is 0 Å². The van der Waals surface area contributed by atoms with E-state index >= 15 is 0 Å². The maximum Gasteiger partial charge on any atom is 0.310 e. The zero-order valence-corrected chi connectivity index (χ0v) is 14.9. The van der Waals surface area contributed by atoms with Crippen molar-refractivity contribution in [2.75, 3.05) is 0 Å². The number of fused-ring (bicyclic) bond motifs is 1. The van der Waals surface area contributed by atoms with Crippen molar-refractivity contribution in [3.8, 4) is 5.75 Å². The molecular weight excluding hydrogens is 340 g/mol. The minimum atomic E-state index is -0.663. The number of aryl methyl sites for hydroxylation is 2. The Morgan fingerprint density at radius 1 is 1.32 bits per heavy atom. The third-order valence-corrected chi connectivity index (χ3v) is 5.14. The van der Waals surface area contributed by atoms with Crippen molar-refractivity contribution >= 4 is 27.5 Å². The Kier molecular flexibility index (Phi) is 4.59. The number of ether oxygens (including phenoxy) is 1. The molecule has 0 bridgehead atoms. The molecule has 0 saturated heterocycles. The second-order valence-electron chi connectivity index (χ2n) is 5.89. The molecule has 0 fully saturated rings. The Labute approximate surface area is 148 Å². The topological polar surface area (TPSA) is 92.3 Å². The van der Waals surface area contributed by atoms with Gasteiger partial charge in [0, 0.05) is 4.88 Å². The molecule has 130 valence electrons. The normalized spacial score (nSPS) is 12.3. The molecule has 0 spiro atoms. The summed E-state index contributed by atoms with van der Waals surface area (Å²) >= 11 is 1.45. The number of hydrogen-bond donors (Lipinski definition) is 2. The second-order valence-corrected chi connectivity index (χ2v) is 7.09. The molecule has 0 aliphatic carbocycles. The number of aromatic amines is 1. The van der Waals surface area contributed by atoms with Crippen LogP contribution in [0, 0.1) is 13.8 Å². The van der Waals surface area contributed by atoms with Gasteiger partial charge in [-0.1, -0.05) is 12.1 Å². The molecule has 6 nitrogen and oxygen atoms in total. The summed E-state index contributed by atoms with van der Waals surface area (Å²) in [6, 6.07) is 6.34. The fraction of sp³-hybridized carbons (Fsp3) is 0.278. The lowest BCUT2D eigenvalue weighted by molar-refractivity contribution is -0.148. The number of nitrogens with one attached hydrogen (secondary N) is 1. The van der Waals surface area contributed by atoms with Crippen LogP contribution in [0.15, 0.2) is 29.1 Å². The molecule has 3 aromatic rings. The Balaban J connectivity index is 1.77. The lowest BCUT2D eigenvalue weighted by Gasteiger charge is -2.12. The first kappa shape index (κ1) is 17.2. The summed E-state index contributed by atoms with van der Waals surface area (Å²) < 4.78 is 5.38. The molecule has 0 amide bonds. The van der Waals surface area contributed by atoms with Crippen molar-refractivity contribution < 1.29 is 14.6 Å². The molecule has 0 aliphatic rings. The van der Waals surface area contributed by atoms with Crippen molar-refractivity contribution in [2.45, 2.75) is 33.3 Å². The Hall–Kier alpha value is -2.67. The van der Waals surface area contributed by atoms with Crippen molar-refractivity contribution in [1.29, 1.82) is 0 Å². The van der Waals surface area contributed by atoms with Crippen LogP contribution in [-0.4, -0.2) is 21.0 Å². The van der Waals surface area contributed by atoms with Gasteiger partial charge in [0.25, 0.3) is 5.56 Å². The van der Waals surface area contributed by atoms with Gasteiger partial charge in [-0.3, -0.25) is 9.59 Å².